The van der Waals surface area contributed by atoms with Crippen molar-refractivity contribution in [1.82, 2.24) is 19.3 Å². The van der Waals surface area contributed by atoms with E-state index < -0.39 is 0 Å². The molecule has 0 amide bonds. The number of rotatable bonds is 3. The zero-order chi connectivity index (χ0) is 11.3. The van der Waals surface area contributed by atoms with Gasteiger partial charge in [-0.05, 0) is 19.3 Å². The fourth-order valence-corrected chi connectivity index (χ4v) is 2.32. The lowest BCUT2D eigenvalue weighted by atomic mass is 10.2. The molecule has 0 atom stereocenters. The number of nitrogens with two attached hydrogens (primary N) is 1. The third-order valence-electron chi connectivity index (χ3n) is 3.16. The van der Waals surface area contributed by atoms with Gasteiger partial charge in [0.2, 0.25) is 5.95 Å². The highest BCUT2D eigenvalue weighted by molar-refractivity contribution is 5.78. The van der Waals surface area contributed by atoms with Crippen molar-refractivity contribution in [3.8, 4) is 0 Å². The van der Waals surface area contributed by atoms with Gasteiger partial charge in [0.25, 0.3) is 0 Å². The lowest BCUT2D eigenvalue weighted by molar-refractivity contribution is 0.694. The molecule has 1 aliphatic rings. The predicted octanol–water partition coefficient (Wildman–Crippen LogP) is 1.64. The van der Waals surface area contributed by atoms with Crippen LogP contribution in [0.5, 0.6) is 0 Å². The van der Waals surface area contributed by atoms with Crippen molar-refractivity contribution in [2.45, 2.75) is 38.6 Å². The largest absolute Gasteiger partial charge is 0.369 e. The van der Waals surface area contributed by atoms with Crippen LogP contribution in [-0.2, 0) is 13.5 Å². The third-order valence-corrected chi connectivity index (χ3v) is 3.16. The number of anilines is 1. The topological polar surface area (TPSA) is 61.7 Å². The monoisotopic (exact) mass is 219 g/mol. The van der Waals surface area contributed by atoms with Gasteiger partial charge in [-0.25, -0.2) is 4.98 Å². The van der Waals surface area contributed by atoms with E-state index in [9.17, 15) is 0 Å². The Bertz CT molecular complexity index is 532. The van der Waals surface area contributed by atoms with Gasteiger partial charge in [0.1, 0.15) is 5.52 Å². The SMILES string of the molecule is CCCc1nn(C)c2c1nc(N)n2C1CC1. The molecule has 0 spiro atoms. The molecule has 2 aromatic heterocycles. The highest BCUT2D eigenvalue weighted by Crippen LogP contribution is 2.39. The van der Waals surface area contributed by atoms with Crippen LogP contribution < -0.4 is 5.73 Å². The molecular formula is C11H17N5. The van der Waals surface area contributed by atoms with Gasteiger partial charge in [-0.3, -0.25) is 9.25 Å². The van der Waals surface area contributed by atoms with Gasteiger partial charge in [0.15, 0.2) is 5.65 Å². The predicted molar refractivity (Wildman–Crippen MR) is 63.2 cm³/mol. The van der Waals surface area contributed by atoms with Crippen molar-refractivity contribution in [2.24, 2.45) is 7.05 Å². The first-order valence-electron chi connectivity index (χ1n) is 5.91. The van der Waals surface area contributed by atoms with Crippen molar-refractivity contribution in [1.29, 1.82) is 0 Å². The van der Waals surface area contributed by atoms with Crippen LogP contribution >= 0.6 is 0 Å². The summed E-state index contributed by atoms with van der Waals surface area (Å²) in [5.74, 6) is 0.642. The van der Waals surface area contributed by atoms with Crippen LogP contribution in [0.15, 0.2) is 0 Å². The first-order valence-corrected chi connectivity index (χ1v) is 5.91. The summed E-state index contributed by atoms with van der Waals surface area (Å²) < 4.78 is 4.06. The molecule has 1 aliphatic carbocycles. The van der Waals surface area contributed by atoms with Crippen molar-refractivity contribution < 1.29 is 0 Å². The highest BCUT2D eigenvalue weighted by atomic mass is 15.4. The Morgan fingerprint density at radius 3 is 2.81 bits per heavy atom. The Hall–Kier alpha value is -1.52. The number of aryl methyl sites for hydroxylation is 2. The minimum Gasteiger partial charge on any atom is -0.369 e. The van der Waals surface area contributed by atoms with Crippen LogP contribution in [0.25, 0.3) is 11.2 Å². The maximum atomic E-state index is 5.98. The fourth-order valence-electron chi connectivity index (χ4n) is 2.32. The molecular weight excluding hydrogens is 202 g/mol. The Morgan fingerprint density at radius 1 is 1.44 bits per heavy atom. The van der Waals surface area contributed by atoms with E-state index in [1.165, 1.54) is 12.8 Å². The molecule has 0 bridgehead atoms. The molecule has 0 saturated heterocycles. The summed E-state index contributed by atoms with van der Waals surface area (Å²) in [6.07, 6.45) is 4.48. The number of fused-ring (bicyclic) bond motifs is 1. The van der Waals surface area contributed by atoms with Crippen molar-refractivity contribution in [2.75, 3.05) is 5.73 Å². The second-order valence-corrected chi connectivity index (χ2v) is 4.56. The van der Waals surface area contributed by atoms with Gasteiger partial charge in [-0.2, -0.15) is 5.10 Å². The minimum absolute atomic E-state index is 0.551. The van der Waals surface area contributed by atoms with Gasteiger partial charge in [-0.1, -0.05) is 13.3 Å². The van der Waals surface area contributed by atoms with Crippen LogP contribution in [0.2, 0.25) is 0 Å². The Morgan fingerprint density at radius 2 is 2.19 bits per heavy atom. The molecule has 0 aliphatic heterocycles. The number of hydrogen-bond acceptors (Lipinski definition) is 3. The Labute approximate surface area is 94.2 Å². The van der Waals surface area contributed by atoms with Crippen LogP contribution in [-0.4, -0.2) is 19.3 Å². The first-order chi connectivity index (χ1) is 7.72. The minimum atomic E-state index is 0.551. The lowest BCUT2D eigenvalue weighted by Crippen LogP contribution is -2.05. The molecule has 16 heavy (non-hydrogen) atoms. The summed E-state index contributed by atoms with van der Waals surface area (Å²) in [5, 5.41) is 4.53. The second kappa shape index (κ2) is 3.23. The number of imidazole rings is 1. The van der Waals surface area contributed by atoms with Crippen LogP contribution in [0.4, 0.5) is 5.95 Å². The molecule has 0 unspecified atom stereocenters. The molecule has 5 nitrogen and oxygen atoms in total. The van der Waals surface area contributed by atoms with E-state index in [1.807, 2.05) is 11.7 Å². The van der Waals surface area contributed by atoms with E-state index in [4.69, 9.17) is 5.73 Å². The quantitative estimate of drug-likeness (QED) is 0.853. The average molecular weight is 219 g/mol. The number of aromatic nitrogens is 4. The number of nitrogen functional groups attached to an aromatic ring is 1. The lowest BCUT2D eigenvalue weighted by Gasteiger charge is -2.03. The summed E-state index contributed by atoms with van der Waals surface area (Å²) >= 11 is 0. The summed E-state index contributed by atoms with van der Waals surface area (Å²) in [6.45, 7) is 2.15. The van der Waals surface area contributed by atoms with Crippen molar-refractivity contribution in [3.63, 3.8) is 0 Å². The molecule has 86 valence electrons. The van der Waals surface area contributed by atoms with E-state index in [-0.39, 0.29) is 0 Å². The third kappa shape index (κ3) is 1.24. The van der Waals surface area contributed by atoms with Crippen LogP contribution in [0.1, 0.15) is 37.9 Å². The average Bonchev–Trinajstić information content (AvgIpc) is 2.95. The molecule has 1 fully saturated rings. The standard InChI is InChI=1S/C11H17N5/c1-3-4-8-9-10(15(2)14-8)16(7-5-6-7)11(12)13-9/h7H,3-6H2,1-2H3,(H2,12,13). The van der Waals surface area contributed by atoms with Crippen LogP contribution in [0, 0.1) is 0 Å². The van der Waals surface area contributed by atoms with Gasteiger partial charge in [-0.15, -0.1) is 0 Å². The molecule has 1 saturated carbocycles. The zero-order valence-electron chi connectivity index (χ0n) is 9.77. The summed E-state index contributed by atoms with van der Waals surface area (Å²) in [5.41, 5.74) is 9.14. The Balaban J connectivity index is 2.23. The van der Waals surface area contributed by atoms with Gasteiger partial charge < -0.3 is 5.73 Å². The van der Waals surface area contributed by atoms with Crippen molar-refractivity contribution >= 4 is 17.1 Å². The van der Waals surface area contributed by atoms with E-state index in [1.54, 1.807) is 0 Å². The number of nitrogens with zero attached hydrogens (tertiary/aromatic N) is 4. The maximum Gasteiger partial charge on any atom is 0.202 e. The summed E-state index contributed by atoms with van der Waals surface area (Å²) in [7, 11) is 1.97. The second-order valence-electron chi connectivity index (χ2n) is 4.56. The first kappa shape index (κ1) is 9.69. The van der Waals surface area contributed by atoms with E-state index in [0.717, 1.165) is 29.7 Å². The molecule has 2 heterocycles. The Kier molecular flexibility index (Phi) is 1.96. The normalized spacial score (nSPS) is 16.1. The maximum absolute atomic E-state index is 5.98. The smallest absolute Gasteiger partial charge is 0.202 e. The van der Waals surface area contributed by atoms with Gasteiger partial charge in [0, 0.05) is 13.1 Å². The van der Waals surface area contributed by atoms with E-state index >= 15 is 0 Å². The molecule has 2 aromatic rings. The molecule has 2 N–H and O–H groups in total. The van der Waals surface area contributed by atoms with E-state index in [0.29, 0.717) is 12.0 Å². The fraction of sp³-hybridized carbons (Fsp3) is 0.636. The van der Waals surface area contributed by atoms with Crippen LogP contribution in [0.3, 0.4) is 0 Å². The summed E-state index contributed by atoms with van der Waals surface area (Å²) in [4.78, 5) is 4.47. The highest BCUT2D eigenvalue weighted by Gasteiger charge is 2.29. The molecule has 5 heteroatoms. The summed E-state index contributed by atoms with van der Waals surface area (Å²) in [6, 6.07) is 0.551. The molecule has 0 aromatic carbocycles. The van der Waals surface area contributed by atoms with Crippen molar-refractivity contribution in [3.05, 3.63) is 5.69 Å². The van der Waals surface area contributed by atoms with Gasteiger partial charge >= 0.3 is 0 Å². The van der Waals surface area contributed by atoms with E-state index in [2.05, 4.69) is 21.6 Å². The van der Waals surface area contributed by atoms with Gasteiger partial charge in [0.05, 0.1) is 5.69 Å². The molecule has 3 rings (SSSR count). The zero-order valence-corrected chi connectivity index (χ0v) is 9.77. The molecule has 0 radical (unpaired) electrons. The number of hydrogen-bond donors (Lipinski definition) is 1.